The van der Waals surface area contributed by atoms with Crippen molar-refractivity contribution in [2.75, 3.05) is 11.3 Å². The van der Waals surface area contributed by atoms with E-state index in [4.69, 9.17) is 9.84 Å². The van der Waals surface area contributed by atoms with Gasteiger partial charge in [-0.2, -0.15) is 0 Å². The summed E-state index contributed by atoms with van der Waals surface area (Å²) in [6, 6.07) is 13.2. The number of nitrogens with one attached hydrogen (secondary N) is 2. The highest BCUT2D eigenvalue weighted by atomic mass is 32.2. The molecule has 0 saturated carbocycles. The Morgan fingerprint density at radius 1 is 1.03 bits per heavy atom. The molecule has 0 aliphatic carbocycles. The summed E-state index contributed by atoms with van der Waals surface area (Å²) in [5.41, 5.74) is 1.47. The van der Waals surface area contributed by atoms with Gasteiger partial charge in [-0.3, -0.25) is 9.52 Å². The molecule has 4 rings (SSSR count). The monoisotopic (exact) mass is 523 g/mol. The van der Waals surface area contributed by atoms with Gasteiger partial charge >= 0.3 is 0 Å². The summed E-state index contributed by atoms with van der Waals surface area (Å²) in [4.78, 5) is 20.5. The fraction of sp³-hybridized carbons (Fsp3) is 0.370. The molecule has 196 valence electrons. The number of hydrogen-bond donors (Lipinski definition) is 2. The van der Waals surface area contributed by atoms with E-state index in [0.29, 0.717) is 47.1 Å². The molecule has 2 aromatic heterocycles. The van der Waals surface area contributed by atoms with Crippen LogP contribution in [-0.2, 0) is 16.4 Å². The molecule has 0 unspecified atom stereocenters. The maximum Gasteiger partial charge on any atom is 0.277 e. The van der Waals surface area contributed by atoms with E-state index in [9.17, 15) is 13.2 Å². The third kappa shape index (κ3) is 6.02. The predicted molar refractivity (Wildman–Crippen MR) is 145 cm³/mol. The summed E-state index contributed by atoms with van der Waals surface area (Å²) in [5.74, 6) is 1.34. The summed E-state index contributed by atoms with van der Waals surface area (Å²) in [7, 11) is -3.90. The summed E-state index contributed by atoms with van der Waals surface area (Å²) in [6.45, 7) is 6.17. The van der Waals surface area contributed by atoms with Crippen molar-refractivity contribution in [3.8, 4) is 17.1 Å². The Morgan fingerprint density at radius 3 is 2.51 bits per heavy atom. The molecular weight excluding hydrogens is 490 g/mol. The zero-order chi connectivity index (χ0) is 26.4. The largest absolute Gasteiger partial charge is 0.493 e. The summed E-state index contributed by atoms with van der Waals surface area (Å²) < 4.78 is 36.2. The smallest absolute Gasteiger partial charge is 0.277 e. The number of aromatic nitrogens is 4. The van der Waals surface area contributed by atoms with Gasteiger partial charge in [-0.25, -0.2) is 17.9 Å². The van der Waals surface area contributed by atoms with E-state index in [0.717, 1.165) is 19.3 Å². The third-order valence-corrected chi connectivity index (χ3v) is 7.47. The lowest BCUT2D eigenvalue weighted by Crippen LogP contribution is -2.17. The molecule has 9 nitrogen and oxygen atoms in total. The van der Waals surface area contributed by atoms with Crippen LogP contribution in [0.4, 0.5) is 5.69 Å². The van der Waals surface area contributed by atoms with Crippen molar-refractivity contribution in [2.45, 2.75) is 64.2 Å². The van der Waals surface area contributed by atoms with E-state index in [1.165, 1.54) is 25.0 Å². The number of para-hydroxylation sites is 1. The molecule has 0 bridgehead atoms. The first-order chi connectivity index (χ1) is 17.8. The van der Waals surface area contributed by atoms with Crippen molar-refractivity contribution in [3.63, 3.8) is 0 Å². The quantitative estimate of drug-likeness (QED) is 0.249. The second kappa shape index (κ2) is 11.6. The zero-order valence-corrected chi connectivity index (χ0v) is 22.3. The number of sulfonamides is 1. The fourth-order valence-corrected chi connectivity index (χ4v) is 5.35. The molecule has 0 aliphatic heterocycles. The van der Waals surface area contributed by atoms with Crippen LogP contribution < -0.4 is 15.0 Å². The maximum absolute atomic E-state index is 13.1. The topological polar surface area (TPSA) is 118 Å². The fourth-order valence-electron chi connectivity index (χ4n) is 4.27. The standard InChI is InChI=1S/C27H33N5O4S/c1-4-6-7-8-12-15-24-28-19(3)25-27(33)29-26(30-32(24)25)22-18-21(16-17-23(22)36-5-2)37(34,35)31-20-13-10-9-11-14-20/h9-11,13-14,16-18,31H,4-8,12,15H2,1-3H3,(H,29,30,33). The molecule has 0 atom stereocenters. The average Bonchev–Trinajstić information content (AvgIpc) is 3.20. The molecule has 0 radical (unpaired) electrons. The number of H-pyrrole nitrogens is 1. The van der Waals surface area contributed by atoms with E-state index in [2.05, 4.69) is 21.6 Å². The molecule has 0 spiro atoms. The number of unbranched alkanes of at least 4 members (excludes halogenated alkanes) is 4. The van der Waals surface area contributed by atoms with Crippen molar-refractivity contribution in [1.82, 2.24) is 19.6 Å². The van der Waals surface area contributed by atoms with Gasteiger partial charge in [-0.1, -0.05) is 50.8 Å². The van der Waals surface area contributed by atoms with Gasteiger partial charge in [-0.15, -0.1) is 5.10 Å². The van der Waals surface area contributed by atoms with Crippen molar-refractivity contribution < 1.29 is 13.2 Å². The van der Waals surface area contributed by atoms with Crippen molar-refractivity contribution in [2.24, 2.45) is 0 Å². The first-order valence-corrected chi connectivity index (χ1v) is 14.2. The summed E-state index contributed by atoms with van der Waals surface area (Å²) in [5, 5.41) is 4.70. The Morgan fingerprint density at radius 2 is 1.78 bits per heavy atom. The molecule has 2 aromatic carbocycles. The van der Waals surface area contributed by atoms with Crippen LogP contribution in [0.25, 0.3) is 16.9 Å². The number of benzene rings is 2. The van der Waals surface area contributed by atoms with E-state index < -0.39 is 10.0 Å². The van der Waals surface area contributed by atoms with Crippen LogP contribution in [0.3, 0.4) is 0 Å². The Bertz CT molecular complexity index is 1530. The molecule has 0 saturated heterocycles. The number of aryl methyl sites for hydroxylation is 2. The van der Waals surface area contributed by atoms with Gasteiger partial charge in [0.2, 0.25) is 0 Å². The van der Waals surface area contributed by atoms with Crippen molar-refractivity contribution in [1.29, 1.82) is 0 Å². The van der Waals surface area contributed by atoms with Gasteiger partial charge in [0.1, 0.15) is 11.6 Å². The number of anilines is 1. The average molecular weight is 524 g/mol. The lowest BCUT2D eigenvalue weighted by atomic mass is 10.1. The maximum atomic E-state index is 13.1. The summed E-state index contributed by atoms with van der Waals surface area (Å²) in [6.07, 6.45) is 6.26. The van der Waals surface area contributed by atoms with E-state index >= 15 is 0 Å². The lowest BCUT2D eigenvalue weighted by Gasteiger charge is -2.13. The van der Waals surface area contributed by atoms with Crippen LogP contribution >= 0.6 is 0 Å². The van der Waals surface area contributed by atoms with Crippen molar-refractivity contribution in [3.05, 3.63) is 70.4 Å². The summed E-state index contributed by atoms with van der Waals surface area (Å²) >= 11 is 0. The number of nitrogens with zero attached hydrogens (tertiary/aromatic N) is 3. The lowest BCUT2D eigenvalue weighted by molar-refractivity contribution is 0.341. The second-order valence-electron chi connectivity index (χ2n) is 8.90. The minimum absolute atomic E-state index is 0.0236. The zero-order valence-electron chi connectivity index (χ0n) is 21.5. The highest BCUT2D eigenvalue weighted by Gasteiger charge is 2.21. The van der Waals surface area contributed by atoms with Crippen molar-refractivity contribution >= 4 is 21.2 Å². The Labute approximate surface area is 217 Å². The molecule has 0 aliphatic rings. The van der Waals surface area contributed by atoms with Gasteiger partial charge in [0.05, 0.1) is 22.8 Å². The SMILES string of the molecule is CCCCCCCc1nc(C)c2c(=O)[nH]c(-c3cc(S(=O)(=O)Nc4ccccc4)ccc3OCC)nn12. The molecule has 0 fully saturated rings. The first-order valence-electron chi connectivity index (χ1n) is 12.7. The van der Waals surface area contributed by atoms with Gasteiger partial charge in [0, 0.05) is 12.1 Å². The molecule has 37 heavy (non-hydrogen) atoms. The Balaban J connectivity index is 1.75. The third-order valence-electron chi connectivity index (χ3n) is 6.09. The number of fused-ring (bicyclic) bond motifs is 1. The van der Waals surface area contributed by atoms with Crippen LogP contribution in [0, 0.1) is 6.92 Å². The normalized spacial score (nSPS) is 11.6. The van der Waals surface area contributed by atoms with Gasteiger partial charge < -0.3 is 9.72 Å². The van der Waals surface area contributed by atoms with Crippen LogP contribution in [0.15, 0.2) is 58.2 Å². The Kier molecular flexibility index (Phi) is 8.27. The molecular formula is C27H33N5O4S. The molecule has 10 heteroatoms. The van der Waals surface area contributed by atoms with Gasteiger partial charge in [0.25, 0.3) is 15.6 Å². The predicted octanol–water partition coefficient (Wildman–Crippen LogP) is 5.11. The van der Waals surface area contributed by atoms with E-state index in [-0.39, 0.29) is 16.3 Å². The molecule has 0 amide bonds. The second-order valence-corrected chi connectivity index (χ2v) is 10.6. The van der Waals surface area contributed by atoms with Crippen LogP contribution in [-0.4, -0.2) is 34.6 Å². The number of aromatic amines is 1. The number of rotatable bonds is 12. The highest BCUT2D eigenvalue weighted by Crippen LogP contribution is 2.31. The first kappa shape index (κ1) is 26.4. The highest BCUT2D eigenvalue weighted by molar-refractivity contribution is 7.92. The molecule has 2 heterocycles. The van der Waals surface area contributed by atoms with Gasteiger partial charge in [-0.05, 0) is 50.6 Å². The number of ether oxygens (including phenoxy) is 1. The minimum atomic E-state index is -3.90. The molecule has 4 aromatic rings. The van der Waals surface area contributed by atoms with Gasteiger partial charge in [0.15, 0.2) is 11.3 Å². The minimum Gasteiger partial charge on any atom is -0.493 e. The van der Waals surface area contributed by atoms with E-state index in [1.54, 1.807) is 41.8 Å². The Hall–Kier alpha value is -3.66. The van der Waals surface area contributed by atoms with Crippen LogP contribution in [0.5, 0.6) is 5.75 Å². The van der Waals surface area contributed by atoms with E-state index in [1.807, 2.05) is 13.0 Å². The molecule has 2 N–H and O–H groups in total. The van der Waals surface area contributed by atoms with Crippen LogP contribution in [0.1, 0.15) is 57.5 Å². The van der Waals surface area contributed by atoms with Crippen LogP contribution in [0.2, 0.25) is 0 Å². The number of imidazole rings is 1. The number of hydrogen-bond acceptors (Lipinski definition) is 6.